The molecule has 3 nitrogen and oxygen atoms in total. The van der Waals surface area contributed by atoms with Crippen molar-refractivity contribution in [2.75, 3.05) is 5.32 Å². The van der Waals surface area contributed by atoms with Gasteiger partial charge in [0.25, 0.3) is 0 Å². The SMILES string of the molecule is NC1C=CC(C(=O)Nc2ccc(C(F)(F)F)cc2)C1. The van der Waals surface area contributed by atoms with Gasteiger partial charge in [-0.2, -0.15) is 13.2 Å². The highest BCUT2D eigenvalue weighted by Crippen LogP contribution is 2.30. The zero-order chi connectivity index (χ0) is 14.0. The van der Waals surface area contributed by atoms with E-state index in [4.69, 9.17) is 5.73 Å². The maximum Gasteiger partial charge on any atom is 0.416 e. The molecular formula is C13H13F3N2O. The predicted molar refractivity (Wildman–Crippen MR) is 65.3 cm³/mol. The highest BCUT2D eigenvalue weighted by Gasteiger charge is 2.30. The van der Waals surface area contributed by atoms with Gasteiger partial charge in [0.05, 0.1) is 11.5 Å². The molecule has 0 spiro atoms. The van der Waals surface area contributed by atoms with E-state index in [-0.39, 0.29) is 17.9 Å². The number of nitrogens with two attached hydrogens (primary N) is 1. The summed E-state index contributed by atoms with van der Waals surface area (Å²) < 4.78 is 37.1. The summed E-state index contributed by atoms with van der Waals surface area (Å²) in [6.07, 6.45) is -0.392. The zero-order valence-corrected chi connectivity index (χ0v) is 9.95. The molecule has 0 saturated carbocycles. The molecule has 19 heavy (non-hydrogen) atoms. The minimum absolute atomic E-state index is 0.136. The van der Waals surface area contributed by atoms with Crippen LogP contribution in [0.3, 0.4) is 0 Å². The lowest BCUT2D eigenvalue weighted by Crippen LogP contribution is -2.24. The van der Waals surface area contributed by atoms with E-state index in [0.717, 1.165) is 12.1 Å². The van der Waals surface area contributed by atoms with Crippen LogP contribution in [0.1, 0.15) is 12.0 Å². The minimum atomic E-state index is -4.37. The third-order valence-electron chi connectivity index (χ3n) is 2.93. The number of benzene rings is 1. The van der Waals surface area contributed by atoms with Crippen molar-refractivity contribution in [2.45, 2.75) is 18.6 Å². The van der Waals surface area contributed by atoms with E-state index in [9.17, 15) is 18.0 Å². The van der Waals surface area contributed by atoms with Gasteiger partial charge < -0.3 is 11.1 Å². The van der Waals surface area contributed by atoms with Crippen molar-refractivity contribution in [3.05, 3.63) is 42.0 Å². The summed E-state index contributed by atoms with van der Waals surface area (Å²) in [5.74, 6) is -0.582. The smallest absolute Gasteiger partial charge is 0.326 e. The van der Waals surface area contributed by atoms with Crippen molar-refractivity contribution < 1.29 is 18.0 Å². The Bertz CT molecular complexity index is 494. The number of hydrogen-bond donors (Lipinski definition) is 2. The molecule has 1 amide bonds. The van der Waals surface area contributed by atoms with Gasteiger partial charge in [-0.1, -0.05) is 12.2 Å². The molecule has 1 aromatic rings. The Morgan fingerprint density at radius 2 is 1.84 bits per heavy atom. The van der Waals surface area contributed by atoms with Crippen LogP contribution in [0, 0.1) is 5.92 Å². The average Bonchev–Trinajstić information content (AvgIpc) is 2.75. The second-order valence-corrected chi connectivity index (χ2v) is 4.46. The van der Waals surface area contributed by atoms with Crippen LogP contribution in [0.2, 0.25) is 0 Å². The van der Waals surface area contributed by atoms with Crippen LogP contribution in [0.5, 0.6) is 0 Å². The lowest BCUT2D eigenvalue weighted by atomic mass is 10.1. The third kappa shape index (κ3) is 3.35. The van der Waals surface area contributed by atoms with Crippen LogP contribution in [-0.4, -0.2) is 11.9 Å². The molecule has 0 saturated heterocycles. The number of rotatable bonds is 2. The van der Waals surface area contributed by atoms with Gasteiger partial charge in [0.1, 0.15) is 0 Å². The standard InChI is InChI=1S/C13H13F3N2O/c14-13(15,16)9-2-5-11(6-3-9)18-12(19)8-1-4-10(17)7-8/h1-6,8,10H,7,17H2,(H,18,19). The van der Waals surface area contributed by atoms with E-state index >= 15 is 0 Å². The van der Waals surface area contributed by atoms with Crippen molar-refractivity contribution in [2.24, 2.45) is 11.7 Å². The molecule has 0 aromatic heterocycles. The molecular weight excluding hydrogens is 257 g/mol. The zero-order valence-electron chi connectivity index (χ0n) is 9.95. The lowest BCUT2D eigenvalue weighted by Gasteiger charge is -2.11. The Kier molecular flexibility index (Phi) is 3.61. The molecule has 1 aliphatic rings. The predicted octanol–water partition coefficient (Wildman–Crippen LogP) is 2.55. The van der Waals surface area contributed by atoms with E-state index in [2.05, 4.69) is 5.32 Å². The molecule has 3 N–H and O–H groups in total. The Morgan fingerprint density at radius 3 is 2.32 bits per heavy atom. The lowest BCUT2D eigenvalue weighted by molar-refractivity contribution is -0.137. The minimum Gasteiger partial charge on any atom is -0.326 e. The summed E-state index contributed by atoms with van der Waals surface area (Å²) in [7, 11) is 0. The topological polar surface area (TPSA) is 55.1 Å². The fourth-order valence-corrected chi connectivity index (χ4v) is 1.90. The van der Waals surface area contributed by atoms with E-state index < -0.39 is 11.7 Å². The first-order valence-electron chi connectivity index (χ1n) is 5.78. The molecule has 0 fully saturated rings. The molecule has 0 radical (unpaired) electrons. The Morgan fingerprint density at radius 1 is 1.21 bits per heavy atom. The van der Waals surface area contributed by atoms with E-state index in [1.807, 2.05) is 0 Å². The Balaban J connectivity index is 2.00. The molecule has 2 rings (SSSR count). The van der Waals surface area contributed by atoms with Crippen LogP contribution in [0.15, 0.2) is 36.4 Å². The number of carbonyl (C=O) groups is 1. The summed E-state index contributed by atoms with van der Waals surface area (Å²) in [6.45, 7) is 0. The maximum atomic E-state index is 12.4. The van der Waals surface area contributed by atoms with Crippen molar-refractivity contribution in [1.82, 2.24) is 0 Å². The molecule has 2 atom stereocenters. The van der Waals surface area contributed by atoms with Crippen molar-refractivity contribution >= 4 is 11.6 Å². The van der Waals surface area contributed by atoms with Crippen LogP contribution in [0.4, 0.5) is 18.9 Å². The Hall–Kier alpha value is -1.82. The summed E-state index contributed by atoms with van der Waals surface area (Å²) in [5.41, 5.74) is 5.23. The highest BCUT2D eigenvalue weighted by molar-refractivity contribution is 5.94. The molecule has 0 aliphatic heterocycles. The number of anilines is 1. The van der Waals surface area contributed by atoms with E-state index in [0.29, 0.717) is 12.1 Å². The largest absolute Gasteiger partial charge is 0.416 e. The quantitative estimate of drug-likeness (QED) is 0.811. The van der Waals surface area contributed by atoms with Crippen LogP contribution in [0.25, 0.3) is 0 Å². The van der Waals surface area contributed by atoms with Gasteiger partial charge >= 0.3 is 6.18 Å². The van der Waals surface area contributed by atoms with Gasteiger partial charge in [-0.05, 0) is 30.7 Å². The van der Waals surface area contributed by atoms with E-state index in [1.54, 1.807) is 12.2 Å². The van der Waals surface area contributed by atoms with E-state index in [1.165, 1.54) is 12.1 Å². The third-order valence-corrected chi connectivity index (χ3v) is 2.93. The number of halogens is 3. The number of amides is 1. The number of nitrogens with one attached hydrogen (secondary N) is 1. The van der Waals surface area contributed by atoms with Crippen molar-refractivity contribution in [3.8, 4) is 0 Å². The summed E-state index contributed by atoms with van der Waals surface area (Å²) in [4.78, 5) is 11.8. The first-order chi connectivity index (χ1) is 8.86. The molecule has 0 heterocycles. The second-order valence-electron chi connectivity index (χ2n) is 4.46. The van der Waals surface area contributed by atoms with Crippen molar-refractivity contribution in [3.63, 3.8) is 0 Å². The number of hydrogen-bond acceptors (Lipinski definition) is 2. The number of carbonyl (C=O) groups excluding carboxylic acids is 1. The highest BCUT2D eigenvalue weighted by atomic mass is 19.4. The molecule has 1 aromatic carbocycles. The molecule has 2 unspecified atom stereocenters. The average molecular weight is 270 g/mol. The van der Waals surface area contributed by atoms with Gasteiger partial charge in [-0.15, -0.1) is 0 Å². The van der Waals surface area contributed by atoms with Gasteiger partial charge in [-0.3, -0.25) is 4.79 Å². The van der Waals surface area contributed by atoms with Crippen LogP contribution >= 0.6 is 0 Å². The number of alkyl halides is 3. The molecule has 6 heteroatoms. The first-order valence-corrected chi connectivity index (χ1v) is 5.78. The van der Waals surface area contributed by atoms with Crippen molar-refractivity contribution in [1.29, 1.82) is 0 Å². The fraction of sp³-hybridized carbons (Fsp3) is 0.308. The summed E-state index contributed by atoms with van der Waals surface area (Å²) >= 11 is 0. The molecule has 102 valence electrons. The second kappa shape index (κ2) is 5.05. The summed E-state index contributed by atoms with van der Waals surface area (Å²) in [6, 6.07) is 4.21. The molecule has 0 bridgehead atoms. The molecule has 1 aliphatic carbocycles. The Labute approximate surface area is 108 Å². The normalized spacial score (nSPS) is 22.5. The maximum absolute atomic E-state index is 12.4. The van der Waals surface area contributed by atoms with Gasteiger partial charge in [-0.25, -0.2) is 0 Å². The first kappa shape index (κ1) is 13.6. The van der Waals surface area contributed by atoms with Crippen LogP contribution in [-0.2, 0) is 11.0 Å². The van der Waals surface area contributed by atoms with Crippen LogP contribution < -0.4 is 11.1 Å². The fourth-order valence-electron chi connectivity index (χ4n) is 1.90. The van der Waals surface area contributed by atoms with Gasteiger partial charge in [0.2, 0.25) is 5.91 Å². The van der Waals surface area contributed by atoms with Gasteiger partial charge in [0, 0.05) is 11.7 Å². The monoisotopic (exact) mass is 270 g/mol. The summed E-state index contributed by atoms with van der Waals surface area (Å²) in [5, 5.41) is 2.57. The van der Waals surface area contributed by atoms with Gasteiger partial charge in [0.15, 0.2) is 0 Å².